The number of hydrogen-bond acceptors (Lipinski definition) is 2. The first-order valence-corrected chi connectivity index (χ1v) is 8.56. The SMILES string of the molecule is CCCN(C(C)C)C1(CN)CCc2cc(Br)ccc2C1. The van der Waals surface area contributed by atoms with Crippen LogP contribution >= 0.6 is 15.9 Å². The van der Waals surface area contributed by atoms with E-state index in [1.807, 2.05) is 0 Å². The predicted molar refractivity (Wildman–Crippen MR) is 90.1 cm³/mol. The highest BCUT2D eigenvalue weighted by atomic mass is 79.9. The Morgan fingerprint density at radius 3 is 2.70 bits per heavy atom. The van der Waals surface area contributed by atoms with E-state index in [1.54, 1.807) is 0 Å². The average Bonchev–Trinajstić information content (AvgIpc) is 2.44. The minimum Gasteiger partial charge on any atom is -0.329 e. The van der Waals surface area contributed by atoms with Crippen molar-refractivity contribution in [3.05, 3.63) is 33.8 Å². The lowest BCUT2D eigenvalue weighted by Gasteiger charge is -2.48. The number of benzene rings is 1. The molecule has 0 amide bonds. The second kappa shape index (κ2) is 6.59. The van der Waals surface area contributed by atoms with Gasteiger partial charge in [0.1, 0.15) is 0 Å². The van der Waals surface area contributed by atoms with E-state index >= 15 is 0 Å². The molecule has 0 saturated heterocycles. The van der Waals surface area contributed by atoms with E-state index in [-0.39, 0.29) is 5.54 Å². The van der Waals surface area contributed by atoms with Gasteiger partial charge in [-0.05, 0) is 69.3 Å². The molecule has 0 spiro atoms. The minimum atomic E-state index is 0.144. The summed E-state index contributed by atoms with van der Waals surface area (Å²) < 4.78 is 1.19. The Bertz CT molecular complexity index is 458. The molecule has 3 heteroatoms. The Balaban J connectivity index is 2.31. The summed E-state index contributed by atoms with van der Waals surface area (Å²) in [7, 11) is 0. The fraction of sp³-hybridized carbons (Fsp3) is 0.647. The molecule has 0 saturated carbocycles. The van der Waals surface area contributed by atoms with E-state index < -0.39 is 0 Å². The first-order chi connectivity index (χ1) is 9.52. The fourth-order valence-corrected chi connectivity index (χ4v) is 4.04. The van der Waals surface area contributed by atoms with Crippen molar-refractivity contribution < 1.29 is 0 Å². The summed E-state index contributed by atoms with van der Waals surface area (Å²) in [6.45, 7) is 8.74. The van der Waals surface area contributed by atoms with E-state index in [1.165, 1.54) is 28.4 Å². The molecule has 1 aliphatic carbocycles. The molecule has 20 heavy (non-hydrogen) atoms. The summed E-state index contributed by atoms with van der Waals surface area (Å²) in [5.74, 6) is 0. The predicted octanol–water partition coefficient (Wildman–Crippen LogP) is 3.76. The molecule has 1 atom stereocenters. The molecule has 2 rings (SSSR count). The van der Waals surface area contributed by atoms with Crippen molar-refractivity contribution in [1.82, 2.24) is 4.90 Å². The van der Waals surface area contributed by atoms with Crippen molar-refractivity contribution in [1.29, 1.82) is 0 Å². The van der Waals surface area contributed by atoms with Crippen LogP contribution in [0, 0.1) is 0 Å². The van der Waals surface area contributed by atoms with Gasteiger partial charge in [0.2, 0.25) is 0 Å². The Hall–Kier alpha value is -0.380. The highest BCUT2D eigenvalue weighted by Crippen LogP contribution is 2.35. The van der Waals surface area contributed by atoms with Crippen molar-refractivity contribution in [3.8, 4) is 0 Å². The number of halogens is 1. The standard InChI is InChI=1S/C17H27BrN2/c1-4-9-20(13(2)3)17(12-19)8-7-14-10-16(18)6-5-15(14)11-17/h5-6,10,13H,4,7-9,11-12,19H2,1-3H3. The largest absolute Gasteiger partial charge is 0.329 e. The van der Waals surface area contributed by atoms with E-state index in [0.717, 1.165) is 25.9 Å². The van der Waals surface area contributed by atoms with Crippen molar-refractivity contribution in [2.75, 3.05) is 13.1 Å². The topological polar surface area (TPSA) is 29.3 Å². The Labute approximate surface area is 131 Å². The molecular formula is C17H27BrN2. The van der Waals surface area contributed by atoms with Crippen LogP contribution in [0.5, 0.6) is 0 Å². The Kier molecular flexibility index (Phi) is 5.27. The van der Waals surface area contributed by atoms with E-state index in [0.29, 0.717) is 6.04 Å². The number of nitrogens with zero attached hydrogens (tertiary/aromatic N) is 1. The Morgan fingerprint density at radius 2 is 2.10 bits per heavy atom. The third kappa shape index (κ3) is 3.10. The van der Waals surface area contributed by atoms with Crippen molar-refractivity contribution in [2.24, 2.45) is 5.73 Å². The zero-order valence-electron chi connectivity index (χ0n) is 13.0. The monoisotopic (exact) mass is 338 g/mol. The second-order valence-corrected chi connectivity index (χ2v) is 7.22. The molecule has 0 bridgehead atoms. The summed E-state index contributed by atoms with van der Waals surface area (Å²) in [6, 6.07) is 7.25. The highest BCUT2D eigenvalue weighted by molar-refractivity contribution is 9.10. The fourth-order valence-electron chi connectivity index (χ4n) is 3.63. The molecule has 2 nitrogen and oxygen atoms in total. The van der Waals surface area contributed by atoms with Crippen LogP contribution in [0.15, 0.2) is 22.7 Å². The zero-order valence-corrected chi connectivity index (χ0v) is 14.5. The third-order valence-electron chi connectivity index (χ3n) is 4.62. The van der Waals surface area contributed by atoms with Gasteiger partial charge in [-0.3, -0.25) is 4.90 Å². The Morgan fingerprint density at radius 1 is 1.35 bits per heavy atom. The van der Waals surface area contributed by atoms with Crippen LogP contribution in [-0.4, -0.2) is 29.6 Å². The molecule has 1 aliphatic rings. The summed E-state index contributed by atoms with van der Waals surface area (Å²) in [5, 5.41) is 0. The lowest BCUT2D eigenvalue weighted by atomic mass is 9.76. The molecular weight excluding hydrogens is 312 g/mol. The number of hydrogen-bond donors (Lipinski definition) is 1. The van der Waals surface area contributed by atoms with Gasteiger partial charge in [-0.2, -0.15) is 0 Å². The molecule has 0 heterocycles. The molecule has 2 N–H and O–H groups in total. The summed E-state index contributed by atoms with van der Waals surface area (Å²) in [4.78, 5) is 2.64. The van der Waals surface area contributed by atoms with Crippen LogP contribution in [0.25, 0.3) is 0 Å². The van der Waals surface area contributed by atoms with Crippen LogP contribution in [0.3, 0.4) is 0 Å². The maximum Gasteiger partial charge on any atom is 0.0377 e. The number of rotatable bonds is 5. The van der Waals surface area contributed by atoms with E-state index in [2.05, 4.69) is 59.8 Å². The minimum absolute atomic E-state index is 0.144. The van der Waals surface area contributed by atoms with Gasteiger partial charge < -0.3 is 5.73 Å². The van der Waals surface area contributed by atoms with Crippen molar-refractivity contribution in [2.45, 2.75) is 58.0 Å². The first-order valence-electron chi connectivity index (χ1n) is 7.76. The molecule has 112 valence electrons. The number of fused-ring (bicyclic) bond motifs is 1. The van der Waals surface area contributed by atoms with Gasteiger partial charge in [0.15, 0.2) is 0 Å². The maximum absolute atomic E-state index is 6.24. The first kappa shape index (κ1) is 16.0. The molecule has 0 radical (unpaired) electrons. The molecule has 0 aliphatic heterocycles. The van der Waals surface area contributed by atoms with Gasteiger partial charge >= 0.3 is 0 Å². The number of aryl methyl sites for hydroxylation is 1. The van der Waals surface area contributed by atoms with Crippen molar-refractivity contribution >= 4 is 15.9 Å². The normalized spacial score (nSPS) is 22.4. The number of nitrogens with two attached hydrogens (primary N) is 1. The maximum atomic E-state index is 6.24. The van der Waals surface area contributed by atoms with Crippen LogP contribution in [0.4, 0.5) is 0 Å². The molecule has 1 aromatic rings. The molecule has 1 unspecified atom stereocenters. The summed E-state index contributed by atoms with van der Waals surface area (Å²) in [5.41, 5.74) is 9.36. The lowest BCUT2D eigenvalue weighted by molar-refractivity contribution is 0.0490. The third-order valence-corrected chi connectivity index (χ3v) is 5.12. The van der Waals surface area contributed by atoms with Gasteiger partial charge in [-0.1, -0.05) is 28.9 Å². The van der Waals surface area contributed by atoms with Gasteiger partial charge in [-0.15, -0.1) is 0 Å². The molecule has 1 aromatic carbocycles. The van der Waals surface area contributed by atoms with Crippen LogP contribution in [0.2, 0.25) is 0 Å². The van der Waals surface area contributed by atoms with Gasteiger partial charge in [0.05, 0.1) is 0 Å². The van der Waals surface area contributed by atoms with E-state index in [9.17, 15) is 0 Å². The quantitative estimate of drug-likeness (QED) is 0.885. The zero-order chi connectivity index (χ0) is 14.8. The van der Waals surface area contributed by atoms with Gasteiger partial charge in [0.25, 0.3) is 0 Å². The van der Waals surface area contributed by atoms with Gasteiger partial charge in [-0.25, -0.2) is 0 Å². The van der Waals surface area contributed by atoms with Crippen LogP contribution in [0.1, 0.15) is 44.7 Å². The van der Waals surface area contributed by atoms with Crippen LogP contribution in [-0.2, 0) is 12.8 Å². The molecule has 0 aromatic heterocycles. The summed E-state index contributed by atoms with van der Waals surface area (Å²) in [6.07, 6.45) is 4.58. The van der Waals surface area contributed by atoms with Crippen molar-refractivity contribution in [3.63, 3.8) is 0 Å². The molecule has 0 fully saturated rings. The van der Waals surface area contributed by atoms with Crippen LogP contribution < -0.4 is 5.73 Å². The van der Waals surface area contributed by atoms with E-state index in [4.69, 9.17) is 5.73 Å². The second-order valence-electron chi connectivity index (χ2n) is 6.31. The highest BCUT2D eigenvalue weighted by Gasteiger charge is 2.39. The smallest absolute Gasteiger partial charge is 0.0377 e. The lowest BCUT2D eigenvalue weighted by Crippen LogP contribution is -2.59. The average molecular weight is 339 g/mol. The summed E-state index contributed by atoms with van der Waals surface area (Å²) >= 11 is 3.58. The van der Waals surface area contributed by atoms with Gasteiger partial charge in [0, 0.05) is 22.6 Å².